The smallest absolute Gasteiger partial charge is 0.416 e. The lowest BCUT2D eigenvalue weighted by atomic mass is 10.1. The number of halogens is 3. The Bertz CT molecular complexity index is 958. The van der Waals surface area contributed by atoms with Crippen molar-refractivity contribution in [2.75, 3.05) is 17.0 Å². The number of hydrogen-bond acceptors (Lipinski definition) is 6. The molecule has 28 heavy (non-hydrogen) atoms. The second kappa shape index (κ2) is 6.32. The molecule has 2 amide bonds. The monoisotopic (exact) mass is 390 g/mol. The van der Waals surface area contributed by atoms with Crippen molar-refractivity contribution in [1.82, 2.24) is 0 Å². The molecule has 0 unspecified atom stereocenters. The first-order valence-electron chi connectivity index (χ1n) is 8.20. The summed E-state index contributed by atoms with van der Waals surface area (Å²) in [6.45, 7) is 0. The van der Waals surface area contributed by atoms with Crippen LogP contribution >= 0.6 is 0 Å². The van der Waals surface area contributed by atoms with Crippen LogP contribution in [0, 0.1) is 0 Å². The van der Waals surface area contributed by atoms with Crippen LogP contribution in [0.5, 0.6) is 5.75 Å². The fourth-order valence-corrected chi connectivity index (χ4v) is 3.16. The molecule has 2 aromatic carbocycles. The second-order valence-corrected chi connectivity index (χ2v) is 6.19. The molecule has 2 aliphatic rings. The molecule has 0 bridgehead atoms. The van der Waals surface area contributed by atoms with Crippen LogP contribution in [0.15, 0.2) is 58.9 Å². The van der Waals surface area contributed by atoms with Crippen molar-refractivity contribution < 1.29 is 27.5 Å². The summed E-state index contributed by atoms with van der Waals surface area (Å²) in [5, 5.41) is 8.86. The minimum absolute atomic E-state index is 0.238. The molecule has 0 aliphatic carbocycles. The molecule has 2 aromatic rings. The molecule has 4 rings (SSSR count). The normalized spacial score (nSPS) is 21.4. The van der Waals surface area contributed by atoms with Crippen LogP contribution < -0.4 is 14.6 Å². The van der Waals surface area contributed by atoms with Gasteiger partial charge in [0.1, 0.15) is 5.75 Å². The highest BCUT2D eigenvalue weighted by molar-refractivity contribution is 6.26. The predicted octanol–water partition coefficient (Wildman–Crippen LogP) is 3.21. The summed E-state index contributed by atoms with van der Waals surface area (Å²) in [5.41, 5.74) is -0.229. The number of hydrogen-bond donors (Lipinski definition) is 0. The number of alkyl halides is 3. The first kappa shape index (κ1) is 18.0. The van der Waals surface area contributed by atoms with Crippen LogP contribution in [-0.2, 0) is 15.8 Å². The van der Waals surface area contributed by atoms with Crippen molar-refractivity contribution >= 4 is 23.2 Å². The molecule has 10 heteroatoms. The van der Waals surface area contributed by atoms with Crippen molar-refractivity contribution in [2.45, 2.75) is 18.3 Å². The average molecular weight is 390 g/mol. The number of fused-ring (bicyclic) bond motifs is 1. The predicted molar refractivity (Wildman–Crippen MR) is 91.8 cm³/mol. The van der Waals surface area contributed by atoms with Gasteiger partial charge < -0.3 is 4.74 Å². The summed E-state index contributed by atoms with van der Waals surface area (Å²) < 4.78 is 43.3. The third kappa shape index (κ3) is 2.77. The van der Waals surface area contributed by atoms with Gasteiger partial charge in [-0.05, 0) is 48.5 Å². The van der Waals surface area contributed by atoms with Crippen molar-refractivity contribution in [3.63, 3.8) is 0 Å². The summed E-state index contributed by atoms with van der Waals surface area (Å²) >= 11 is 0. The van der Waals surface area contributed by atoms with E-state index in [1.165, 1.54) is 24.3 Å². The van der Waals surface area contributed by atoms with Gasteiger partial charge >= 0.3 is 6.18 Å². The summed E-state index contributed by atoms with van der Waals surface area (Å²) in [5.74, 6) is -0.530. The van der Waals surface area contributed by atoms with E-state index >= 15 is 0 Å². The Labute approximate surface area is 157 Å². The van der Waals surface area contributed by atoms with Gasteiger partial charge in [0.25, 0.3) is 11.8 Å². The van der Waals surface area contributed by atoms with E-state index < -0.39 is 35.6 Å². The first-order chi connectivity index (χ1) is 13.3. The quantitative estimate of drug-likeness (QED) is 0.755. The van der Waals surface area contributed by atoms with E-state index in [1.54, 1.807) is 24.3 Å². The summed E-state index contributed by atoms with van der Waals surface area (Å²) in [7, 11) is 1.49. The van der Waals surface area contributed by atoms with Gasteiger partial charge in [0.05, 0.1) is 24.0 Å². The fraction of sp³-hybridized carbons (Fsp3) is 0.222. The number of anilines is 2. The van der Waals surface area contributed by atoms with Crippen LogP contribution in [0.25, 0.3) is 0 Å². The van der Waals surface area contributed by atoms with Crippen LogP contribution in [-0.4, -0.2) is 31.0 Å². The van der Waals surface area contributed by atoms with E-state index in [4.69, 9.17) is 4.74 Å². The van der Waals surface area contributed by atoms with Gasteiger partial charge in [0.15, 0.2) is 12.1 Å². The van der Waals surface area contributed by atoms with E-state index in [0.717, 1.165) is 17.0 Å². The molecule has 1 saturated heterocycles. The Morgan fingerprint density at radius 3 is 2.11 bits per heavy atom. The maximum atomic E-state index is 12.9. The number of imide groups is 1. The molecular formula is C18H13F3N4O3. The first-order valence-corrected chi connectivity index (χ1v) is 8.20. The molecule has 2 heterocycles. The Morgan fingerprint density at radius 1 is 0.929 bits per heavy atom. The fourth-order valence-electron chi connectivity index (χ4n) is 3.16. The zero-order chi connectivity index (χ0) is 20.1. The van der Waals surface area contributed by atoms with Gasteiger partial charge in [0.2, 0.25) is 0 Å². The topological polar surface area (TPSA) is 74.6 Å². The molecule has 0 spiro atoms. The Morgan fingerprint density at radius 2 is 1.54 bits per heavy atom. The maximum Gasteiger partial charge on any atom is 0.416 e. The zero-order valence-corrected chi connectivity index (χ0v) is 14.4. The molecule has 0 radical (unpaired) electrons. The van der Waals surface area contributed by atoms with Crippen molar-refractivity contribution in [1.29, 1.82) is 0 Å². The molecular weight excluding hydrogens is 377 g/mol. The maximum absolute atomic E-state index is 12.9. The highest BCUT2D eigenvalue weighted by atomic mass is 19.4. The van der Waals surface area contributed by atoms with E-state index in [9.17, 15) is 22.8 Å². The summed E-state index contributed by atoms with van der Waals surface area (Å²) in [4.78, 5) is 26.6. The number of ether oxygens (including phenoxy) is 1. The van der Waals surface area contributed by atoms with E-state index in [0.29, 0.717) is 11.4 Å². The summed E-state index contributed by atoms with van der Waals surface area (Å²) in [6, 6.07) is 8.43. The van der Waals surface area contributed by atoms with E-state index in [1.807, 2.05) is 0 Å². The van der Waals surface area contributed by atoms with Crippen molar-refractivity contribution in [2.24, 2.45) is 10.3 Å². The SMILES string of the molecule is COc1ccc(N2C(=O)[C@@H]3[C@@H](N=NN3c3ccc(C(F)(F)F)cc3)C2=O)cc1. The Kier molecular flexibility index (Phi) is 4.06. The highest BCUT2D eigenvalue weighted by Gasteiger charge is 2.55. The van der Waals surface area contributed by atoms with Gasteiger partial charge in [-0.1, -0.05) is 5.22 Å². The van der Waals surface area contributed by atoms with Gasteiger partial charge in [-0.3, -0.25) is 9.59 Å². The molecule has 2 atom stereocenters. The van der Waals surface area contributed by atoms with E-state index in [2.05, 4.69) is 10.3 Å². The minimum atomic E-state index is -4.47. The molecule has 7 nitrogen and oxygen atoms in total. The number of rotatable bonds is 3. The molecule has 1 fully saturated rings. The molecule has 0 saturated carbocycles. The molecule has 0 N–H and O–H groups in total. The lowest BCUT2D eigenvalue weighted by molar-refractivity contribution is -0.137. The largest absolute Gasteiger partial charge is 0.497 e. The molecule has 0 aromatic heterocycles. The molecule has 2 aliphatic heterocycles. The second-order valence-electron chi connectivity index (χ2n) is 6.19. The third-order valence-electron chi connectivity index (χ3n) is 4.57. The number of amides is 2. The number of benzene rings is 2. The zero-order valence-electron chi connectivity index (χ0n) is 14.4. The molecule has 144 valence electrons. The van der Waals surface area contributed by atoms with Crippen LogP contribution in [0.3, 0.4) is 0 Å². The lowest BCUT2D eigenvalue weighted by Gasteiger charge is -2.21. The van der Waals surface area contributed by atoms with Gasteiger partial charge in [-0.25, -0.2) is 9.91 Å². The minimum Gasteiger partial charge on any atom is -0.497 e. The Balaban J connectivity index is 1.62. The van der Waals surface area contributed by atoms with Crippen molar-refractivity contribution in [3.05, 3.63) is 54.1 Å². The number of carbonyl (C=O) groups excluding carboxylic acids is 2. The van der Waals surface area contributed by atoms with Gasteiger partial charge in [-0.2, -0.15) is 18.3 Å². The lowest BCUT2D eigenvalue weighted by Crippen LogP contribution is -2.39. The van der Waals surface area contributed by atoms with Crippen LogP contribution in [0.2, 0.25) is 0 Å². The average Bonchev–Trinajstić information content (AvgIpc) is 3.22. The van der Waals surface area contributed by atoms with Crippen LogP contribution in [0.1, 0.15) is 5.56 Å². The third-order valence-corrected chi connectivity index (χ3v) is 4.57. The van der Waals surface area contributed by atoms with Gasteiger partial charge in [0, 0.05) is 0 Å². The summed E-state index contributed by atoms with van der Waals surface area (Å²) in [6.07, 6.45) is -4.47. The van der Waals surface area contributed by atoms with E-state index in [-0.39, 0.29) is 5.69 Å². The number of nitrogens with zero attached hydrogens (tertiary/aromatic N) is 4. The highest BCUT2D eigenvalue weighted by Crippen LogP contribution is 2.36. The Hall–Kier alpha value is -3.43. The number of methoxy groups -OCH3 is 1. The standard InChI is InChI=1S/C18H13F3N4O3/c1-28-13-8-6-11(7-9-13)24-16(26)14-15(17(24)27)25(23-22-14)12-4-2-10(3-5-12)18(19,20)21/h2-9,14-15H,1H3/t14-,15+/m1/s1. The van der Waals surface area contributed by atoms with Crippen LogP contribution in [0.4, 0.5) is 24.5 Å². The van der Waals surface area contributed by atoms with Gasteiger partial charge in [-0.15, -0.1) is 0 Å². The number of carbonyl (C=O) groups is 2. The van der Waals surface area contributed by atoms with Crippen molar-refractivity contribution in [3.8, 4) is 5.75 Å².